The smallest absolute Gasteiger partial charge is 0.138 e. The molecule has 7 rings (SSSR count). The number of thiophene rings is 1. The predicted octanol–water partition coefficient (Wildman–Crippen LogP) is 10.7. The van der Waals surface area contributed by atoms with E-state index in [0.29, 0.717) is 5.69 Å². The minimum Gasteiger partial charge on any atom is -0.499 e. The summed E-state index contributed by atoms with van der Waals surface area (Å²) in [5, 5.41) is 5.29. The minimum absolute atomic E-state index is 0. The minimum atomic E-state index is -2.21. The van der Waals surface area contributed by atoms with E-state index < -0.39 is 6.85 Å². The second-order valence-electron chi connectivity index (χ2n) is 11.8. The maximum absolute atomic E-state index is 7.90. The van der Waals surface area contributed by atoms with E-state index in [1.54, 1.807) is 11.3 Å². The fourth-order valence-corrected chi connectivity index (χ4v) is 5.94. The molecule has 0 saturated carbocycles. The number of benzene rings is 3. The maximum Gasteiger partial charge on any atom is 0.138 e. The van der Waals surface area contributed by atoms with Crippen LogP contribution in [0, 0.1) is 39.8 Å². The summed E-state index contributed by atoms with van der Waals surface area (Å²) < 4.78 is 31.2. The summed E-state index contributed by atoms with van der Waals surface area (Å²) >= 11 is 1.66. The van der Waals surface area contributed by atoms with Gasteiger partial charge in [-0.1, -0.05) is 68.5 Å². The Labute approximate surface area is 275 Å². The third-order valence-electron chi connectivity index (χ3n) is 7.60. The fraction of sp³-hybridized carbons (Fsp3) is 0.211. The summed E-state index contributed by atoms with van der Waals surface area (Å²) in [6.07, 6.45) is 3.40. The van der Waals surface area contributed by atoms with Crippen LogP contribution in [0.3, 0.4) is 0 Å². The van der Waals surface area contributed by atoms with E-state index in [1.807, 2.05) is 51.2 Å². The maximum atomic E-state index is 7.90. The number of nitrogens with zero attached hydrogens (tertiary/aromatic N) is 2. The Bertz CT molecular complexity index is 2170. The van der Waals surface area contributed by atoms with Gasteiger partial charge in [0.2, 0.25) is 0 Å². The number of fused-ring (bicyclic) bond motifs is 5. The number of pyridine rings is 2. The predicted molar refractivity (Wildman–Crippen MR) is 177 cm³/mol. The van der Waals surface area contributed by atoms with E-state index in [-0.39, 0.29) is 31.1 Å². The Morgan fingerprint density at radius 1 is 0.814 bits per heavy atom. The molecular weight excluding hydrogens is 725 g/mol. The molecule has 0 saturated heterocycles. The number of aryl methyl sites for hydroxylation is 4. The van der Waals surface area contributed by atoms with Gasteiger partial charge in [-0.05, 0) is 71.0 Å². The molecule has 7 aromatic rings. The van der Waals surface area contributed by atoms with Crippen molar-refractivity contribution in [3.8, 4) is 22.5 Å². The first-order chi connectivity index (χ1) is 21.3. The molecule has 3 nitrogen and oxygen atoms in total. The van der Waals surface area contributed by atoms with Crippen LogP contribution in [0.15, 0.2) is 82.9 Å². The van der Waals surface area contributed by atoms with Gasteiger partial charge in [-0.15, -0.1) is 64.9 Å². The molecule has 0 aliphatic carbocycles. The van der Waals surface area contributed by atoms with Gasteiger partial charge in [0.1, 0.15) is 5.58 Å². The Balaban J connectivity index is 0.000000220. The van der Waals surface area contributed by atoms with Crippen LogP contribution in [0.25, 0.3) is 54.5 Å². The van der Waals surface area contributed by atoms with Gasteiger partial charge in [0.25, 0.3) is 0 Å². The number of rotatable bonds is 2. The zero-order valence-electron chi connectivity index (χ0n) is 28.0. The van der Waals surface area contributed by atoms with E-state index in [2.05, 4.69) is 84.7 Å². The Kier molecular flexibility index (Phi) is 7.63. The number of aromatic nitrogens is 2. The molecule has 0 fully saturated rings. The molecule has 0 spiro atoms. The molecular formula is C38H34IrN2OS-2. The SMILES string of the molecule is Cc1c[c-]c(-c2cc(C)c(C)cn2)cc1.[2H]C([2H])([2H])c1cnc(-c2[c-]ccc3c2oc2c3ccc3ccsc32)cc1C(C)(C)C.[Ir]. The normalized spacial score (nSPS) is 12.7. The molecule has 43 heavy (non-hydrogen) atoms. The third kappa shape index (κ3) is 6.08. The largest absolute Gasteiger partial charge is 0.499 e. The standard InChI is InChI=1S/C24H20NOS.C14H14N.Ir/c1-14-13-25-20(12-19(14)24(2,3)4)18-7-5-6-16-17-9-8-15-10-11-27-23(15)22(17)26-21(16)18;1-10-4-6-13(7-5-10)14-8-11(2)12(3)9-15-14;/h5-6,8-13H,1-4H3;4-6,8-9H,1-3H3;/q2*-1;/i1D3;;. The van der Waals surface area contributed by atoms with Gasteiger partial charge in [0.15, 0.2) is 0 Å². The van der Waals surface area contributed by atoms with Crippen LogP contribution in [0.2, 0.25) is 0 Å². The van der Waals surface area contributed by atoms with Crippen molar-refractivity contribution in [1.29, 1.82) is 0 Å². The van der Waals surface area contributed by atoms with E-state index in [0.717, 1.165) is 54.4 Å². The van der Waals surface area contributed by atoms with Crippen LogP contribution in [0.5, 0.6) is 0 Å². The van der Waals surface area contributed by atoms with Crippen molar-refractivity contribution in [2.45, 2.75) is 53.8 Å². The zero-order valence-corrected chi connectivity index (χ0v) is 28.3. The molecule has 4 heterocycles. The summed E-state index contributed by atoms with van der Waals surface area (Å²) in [6, 6.07) is 26.8. The van der Waals surface area contributed by atoms with Crippen LogP contribution in [-0.4, -0.2) is 9.97 Å². The number of hydrogen-bond acceptors (Lipinski definition) is 4. The molecule has 219 valence electrons. The van der Waals surface area contributed by atoms with Gasteiger partial charge < -0.3 is 14.4 Å². The van der Waals surface area contributed by atoms with Crippen molar-refractivity contribution in [2.24, 2.45) is 0 Å². The quantitative estimate of drug-likeness (QED) is 0.165. The van der Waals surface area contributed by atoms with Crippen molar-refractivity contribution in [3.05, 3.63) is 118 Å². The second-order valence-corrected chi connectivity index (χ2v) is 12.7. The number of hydrogen-bond donors (Lipinski definition) is 0. The molecule has 0 unspecified atom stereocenters. The van der Waals surface area contributed by atoms with E-state index >= 15 is 0 Å². The first-order valence-corrected chi connectivity index (χ1v) is 14.9. The van der Waals surface area contributed by atoms with Gasteiger partial charge >= 0.3 is 0 Å². The Morgan fingerprint density at radius 3 is 2.30 bits per heavy atom. The van der Waals surface area contributed by atoms with Gasteiger partial charge in [-0.3, -0.25) is 0 Å². The van der Waals surface area contributed by atoms with Gasteiger partial charge in [0, 0.05) is 42.0 Å². The molecule has 0 aliphatic heterocycles. The van der Waals surface area contributed by atoms with E-state index in [1.165, 1.54) is 22.9 Å². The fourth-order valence-electron chi connectivity index (χ4n) is 5.06. The second kappa shape index (κ2) is 12.2. The van der Waals surface area contributed by atoms with Crippen LogP contribution in [-0.2, 0) is 25.5 Å². The van der Waals surface area contributed by atoms with Crippen molar-refractivity contribution in [3.63, 3.8) is 0 Å². The molecule has 4 aromatic heterocycles. The van der Waals surface area contributed by atoms with Crippen LogP contribution < -0.4 is 0 Å². The third-order valence-corrected chi connectivity index (χ3v) is 8.53. The van der Waals surface area contributed by atoms with E-state index in [4.69, 9.17) is 8.53 Å². The van der Waals surface area contributed by atoms with Crippen molar-refractivity contribution in [2.75, 3.05) is 0 Å². The molecule has 0 aliphatic rings. The van der Waals surface area contributed by atoms with Crippen LogP contribution in [0.1, 0.15) is 52.7 Å². The molecule has 5 heteroatoms. The van der Waals surface area contributed by atoms with Crippen LogP contribution in [0.4, 0.5) is 0 Å². The first kappa shape index (κ1) is 27.0. The Morgan fingerprint density at radius 2 is 1.58 bits per heavy atom. The van der Waals surface area contributed by atoms with Gasteiger partial charge in [-0.25, -0.2) is 0 Å². The number of furan rings is 1. The zero-order chi connectivity index (χ0) is 32.1. The molecule has 0 amide bonds. The summed E-state index contributed by atoms with van der Waals surface area (Å²) in [5.41, 5.74) is 9.49. The molecule has 3 aromatic carbocycles. The summed E-state index contributed by atoms with van der Waals surface area (Å²) in [6.45, 7) is 10.1. The van der Waals surface area contributed by atoms with Gasteiger partial charge in [0.05, 0.1) is 10.3 Å². The average Bonchev–Trinajstić information content (AvgIpc) is 3.63. The van der Waals surface area contributed by atoms with Crippen LogP contribution >= 0.6 is 11.3 Å². The molecule has 0 N–H and O–H groups in total. The topological polar surface area (TPSA) is 38.9 Å². The molecule has 1 radical (unpaired) electrons. The van der Waals surface area contributed by atoms with Gasteiger partial charge in [-0.2, -0.15) is 0 Å². The van der Waals surface area contributed by atoms with Crippen molar-refractivity contribution >= 4 is 43.4 Å². The Hall–Kier alpha value is -3.63. The molecule has 0 bridgehead atoms. The van der Waals surface area contributed by atoms with Crippen molar-refractivity contribution in [1.82, 2.24) is 9.97 Å². The van der Waals surface area contributed by atoms with E-state index in [9.17, 15) is 0 Å². The van der Waals surface area contributed by atoms with Crippen molar-refractivity contribution < 1.29 is 28.6 Å². The summed E-state index contributed by atoms with van der Waals surface area (Å²) in [4.78, 5) is 8.92. The molecule has 0 atom stereocenters. The monoisotopic (exact) mass is 762 g/mol. The average molecular weight is 762 g/mol. The first-order valence-electron chi connectivity index (χ1n) is 15.5. The summed E-state index contributed by atoms with van der Waals surface area (Å²) in [5.74, 6) is 0. The summed E-state index contributed by atoms with van der Waals surface area (Å²) in [7, 11) is 0.